The lowest BCUT2D eigenvalue weighted by molar-refractivity contribution is 0.0917. The Morgan fingerprint density at radius 3 is 2.19 bits per heavy atom. The van der Waals surface area contributed by atoms with Crippen molar-refractivity contribution in [2.24, 2.45) is 5.73 Å². The number of rotatable bonds is 4. The van der Waals surface area contributed by atoms with Gasteiger partial charge in [0.1, 0.15) is 11.4 Å². The third-order valence-electron chi connectivity index (χ3n) is 2.95. The molecule has 1 atom stereocenters. The summed E-state index contributed by atoms with van der Waals surface area (Å²) in [5, 5.41) is 0.744. The molecule has 0 radical (unpaired) electrons. The fourth-order valence-corrected chi connectivity index (χ4v) is 1.89. The van der Waals surface area contributed by atoms with Gasteiger partial charge in [-0.3, -0.25) is 0 Å². The summed E-state index contributed by atoms with van der Waals surface area (Å²) in [4.78, 5) is 0. The smallest absolute Gasteiger partial charge is 0.126 e. The first-order chi connectivity index (χ1) is 7.41. The van der Waals surface area contributed by atoms with Crippen molar-refractivity contribution in [3.8, 4) is 5.75 Å². The van der Waals surface area contributed by atoms with Gasteiger partial charge in [0.2, 0.25) is 0 Å². The maximum absolute atomic E-state index is 6.03. The lowest BCUT2D eigenvalue weighted by Crippen LogP contribution is -2.40. The number of aryl methyl sites for hydroxylation is 2. The maximum atomic E-state index is 6.03. The summed E-state index contributed by atoms with van der Waals surface area (Å²) in [6, 6.07) is 3.83. The Bertz CT molecular complexity index is 349. The predicted octanol–water partition coefficient (Wildman–Crippen LogP) is 3.46. The summed E-state index contributed by atoms with van der Waals surface area (Å²) >= 11 is 5.98. The molecule has 1 aromatic carbocycles. The second-order valence-corrected chi connectivity index (χ2v) is 4.91. The molecule has 0 heterocycles. The van der Waals surface area contributed by atoms with E-state index in [1.165, 1.54) is 0 Å². The van der Waals surface area contributed by atoms with Crippen molar-refractivity contribution in [3.05, 3.63) is 28.3 Å². The van der Waals surface area contributed by atoms with E-state index in [2.05, 4.69) is 6.92 Å². The van der Waals surface area contributed by atoms with Crippen LogP contribution in [-0.4, -0.2) is 12.1 Å². The lowest BCUT2D eigenvalue weighted by Gasteiger charge is -2.30. The van der Waals surface area contributed by atoms with Crippen molar-refractivity contribution in [2.45, 2.75) is 39.7 Å². The summed E-state index contributed by atoms with van der Waals surface area (Å²) in [6.07, 6.45) is 0.880. The third kappa shape index (κ3) is 2.89. The van der Waals surface area contributed by atoms with E-state index < -0.39 is 0 Å². The Labute approximate surface area is 103 Å². The fourth-order valence-electron chi connectivity index (χ4n) is 1.56. The van der Waals surface area contributed by atoms with Crippen LogP contribution < -0.4 is 10.5 Å². The highest BCUT2D eigenvalue weighted by Crippen LogP contribution is 2.30. The average molecular weight is 242 g/mol. The molecule has 0 bridgehead atoms. The summed E-state index contributed by atoms with van der Waals surface area (Å²) in [5.41, 5.74) is 7.55. The van der Waals surface area contributed by atoms with Gasteiger partial charge in [-0.15, -0.1) is 0 Å². The number of hydrogen-bond donors (Lipinski definition) is 1. The van der Waals surface area contributed by atoms with E-state index in [9.17, 15) is 0 Å². The second-order valence-electron chi connectivity index (χ2n) is 4.48. The van der Waals surface area contributed by atoms with Crippen LogP contribution in [0.4, 0.5) is 0 Å². The van der Waals surface area contributed by atoms with E-state index in [0.717, 1.165) is 28.3 Å². The Hall–Kier alpha value is -0.730. The third-order valence-corrected chi connectivity index (χ3v) is 3.17. The van der Waals surface area contributed by atoms with Gasteiger partial charge in [-0.1, -0.05) is 18.5 Å². The molecule has 0 saturated carbocycles. The van der Waals surface area contributed by atoms with Crippen LogP contribution in [0.15, 0.2) is 12.1 Å². The largest absolute Gasteiger partial charge is 0.486 e. The molecule has 1 unspecified atom stereocenters. The normalized spacial score (nSPS) is 14.6. The first kappa shape index (κ1) is 13.3. The Balaban J connectivity index is 3.06. The summed E-state index contributed by atoms with van der Waals surface area (Å²) in [5.74, 6) is 0.902. The molecule has 0 aromatic heterocycles. The molecule has 0 aliphatic rings. The first-order valence-electron chi connectivity index (χ1n) is 5.57. The number of ether oxygens (including phenoxy) is 1. The highest BCUT2D eigenvalue weighted by Gasteiger charge is 2.23. The van der Waals surface area contributed by atoms with E-state index in [1.54, 1.807) is 0 Å². The van der Waals surface area contributed by atoms with E-state index in [4.69, 9.17) is 22.1 Å². The van der Waals surface area contributed by atoms with E-state index in [1.807, 2.05) is 32.9 Å². The van der Waals surface area contributed by atoms with Gasteiger partial charge >= 0.3 is 0 Å². The zero-order valence-electron chi connectivity index (χ0n) is 10.4. The highest BCUT2D eigenvalue weighted by molar-refractivity contribution is 6.30. The molecule has 1 rings (SSSR count). The van der Waals surface area contributed by atoms with Gasteiger partial charge < -0.3 is 10.5 Å². The first-order valence-corrected chi connectivity index (χ1v) is 5.95. The summed E-state index contributed by atoms with van der Waals surface area (Å²) in [7, 11) is 0. The molecule has 16 heavy (non-hydrogen) atoms. The minimum atomic E-state index is -0.302. The van der Waals surface area contributed by atoms with Gasteiger partial charge in [0.25, 0.3) is 0 Å². The molecule has 0 spiro atoms. The predicted molar refractivity (Wildman–Crippen MR) is 69.3 cm³/mol. The van der Waals surface area contributed by atoms with Crippen molar-refractivity contribution in [2.75, 3.05) is 6.54 Å². The second kappa shape index (κ2) is 5.07. The SMILES string of the molecule is CCC(C)(CN)Oc1c(C)cc(Cl)cc1C. The van der Waals surface area contributed by atoms with Crippen molar-refractivity contribution >= 4 is 11.6 Å². The fraction of sp³-hybridized carbons (Fsp3) is 0.538. The molecule has 90 valence electrons. The molecule has 0 fully saturated rings. The van der Waals surface area contributed by atoms with Crippen LogP contribution in [0.1, 0.15) is 31.4 Å². The van der Waals surface area contributed by atoms with Crippen LogP contribution in [0.3, 0.4) is 0 Å². The van der Waals surface area contributed by atoms with E-state index in [0.29, 0.717) is 6.54 Å². The molecular weight excluding hydrogens is 222 g/mol. The quantitative estimate of drug-likeness (QED) is 0.876. The van der Waals surface area contributed by atoms with Crippen molar-refractivity contribution in [3.63, 3.8) is 0 Å². The molecule has 2 nitrogen and oxygen atoms in total. The van der Waals surface area contributed by atoms with Crippen LogP contribution in [0, 0.1) is 13.8 Å². The van der Waals surface area contributed by atoms with Gasteiger partial charge in [-0.25, -0.2) is 0 Å². The van der Waals surface area contributed by atoms with Crippen molar-refractivity contribution in [1.29, 1.82) is 0 Å². The molecule has 0 aliphatic heterocycles. The van der Waals surface area contributed by atoms with Gasteiger partial charge in [0, 0.05) is 11.6 Å². The summed E-state index contributed by atoms with van der Waals surface area (Å²) < 4.78 is 6.03. The zero-order valence-corrected chi connectivity index (χ0v) is 11.2. The van der Waals surface area contributed by atoms with Crippen LogP contribution in [0.2, 0.25) is 5.02 Å². The van der Waals surface area contributed by atoms with Crippen LogP contribution in [0.25, 0.3) is 0 Å². The standard InChI is InChI=1S/C13H20ClNO/c1-5-13(4,8-15)16-12-9(2)6-11(14)7-10(12)3/h6-7H,5,8,15H2,1-4H3. The monoisotopic (exact) mass is 241 g/mol. The van der Waals surface area contributed by atoms with E-state index in [-0.39, 0.29) is 5.60 Å². The molecular formula is C13H20ClNO. The number of halogens is 1. The van der Waals surface area contributed by atoms with Gasteiger partial charge in [0.05, 0.1) is 0 Å². The molecule has 1 aromatic rings. The minimum Gasteiger partial charge on any atom is -0.486 e. The summed E-state index contributed by atoms with van der Waals surface area (Å²) in [6.45, 7) is 8.61. The number of hydrogen-bond acceptors (Lipinski definition) is 2. The Morgan fingerprint density at radius 1 is 1.31 bits per heavy atom. The molecule has 0 amide bonds. The highest BCUT2D eigenvalue weighted by atomic mass is 35.5. The lowest BCUT2D eigenvalue weighted by atomic mass is 10.0. The molecule has 3 heteroatoms. The topological polar surface area (TPSA) is 35.2 Å². The van der Waals surface area contributed by atoms with Crippen LogP contribution >= 0.6 is 11.6 Å². The van der Waals surface area contributed by atoms with Crippen molar-refractivity contribution in [1.82, 2.24) is 0 Å². The van der Waals surface area contributed by atoms with Gasteiger partial charge in [-0.2, -0.15) is 0 Å². The maximum Gasteiger partial charge on any atom is 0.126 e. The van der Waals surface area contributed by atoms with Crippen LogP contribution in [-0.2, 0) is 0 Å². The van der Waals surface area contributed by atoms with Crippen molar-refractivity contribution < 1.29 is 4.74 Å². The zero-order chi connectivity index (χ0) is 12.3. The number of benzene rings is 1. The average Bonchev–Trinajstić information content (AvgIpc) is 2.23. The molecule has 2 N–H and O–H groups in total. The Kier molecular flexibility index (Phi) is 4.22. The minimum absolute atomic E-state index is 0.302. The Morgan fingerprint density at radius 2 is 1.81 bits per heavy atom. The molecule has 0 saturated heterocycles. The number of nitrogens with two attached hydrogens (primary N) is 1. The molecule has 0 aliphatic carbocycles. The van der Waals surface area contributed by atoms with Gasteiger partial charge in [-0.05, 0) is 50.5 Å². The van der Waals surface area contributed by atoms with E-state index >= 15 is 0 Å². The van der Waals surface area contributed by atoms with Crippen LogP contribution in [0.5, 0.6) is 5.75 Å². The van der Waals surface area contributed by atoms with Gasteiger partial charge in [0.15, 0.2) is 0 Å².